The highest BCUT2D eigenvalue weighted by atomic mass is 16.5. The molecule has 1 aromatic carbocycles. The molecule has 0 saturated carbocycles. The van der Waals surface area contributed by atoms with E-state index in [1.807, 2.05) is 30.3 Å². The zero-order valence-corrected chi connectivity index (χ0v) is 11.3. The number of ether oxygens (including phenoxy) is 1. The topological polar surface area (TPSA) is 72.0 Å². The van der Waals surface area contributed by atoms with Gasteiger partial charge in [-0.15, -0.1) is 0 Å². The van der Waals surface area contributed by atoms with Crippen molar-refractivity contribution in [3.8, 4) is 5.88 Å². The van der Waals surface area contributed by atoms with E-state index in [4.69, 9.17) is 15.9 Å². The molecule has 2 aromatic rings. The van der Waals surface area contributed by atoms with Crippen LogP contribution in [0.4, 0.5) is 0 Å². The number of fused-ring (bicyclic) bond motifs is 1. The van der Waals surface area contributed by atoms with Crippen molar-refractivity contribution in [1.29, 1.82) is 5.41 Å². The van der Waals surface area contributed by atoms with Crippen molar-refractivity contribution >= 4 is 16.7 Å². The molecule has 0 spiro atoms. The highest BCUT2D eigenvalue weighted by Gasteiger charge is 2.11. The van der Waals surface area contributed by atoms with E-state index in [0.29, 0.717) is 24.0 Å². The van der Waals surface area contributed by atoms with Gasteiger partial charge in [0.1, 0.15) is 5.84 Å². The Morgan fingerprint density at radius 2 is 2.11 bits per heavy atom. The van der Waals surface area contributed by atoms with Gasteiger partial charge in [0.25, 0.3) is 0 Å². The average molecular weight is 257 g/mol. The number of benzene rings is 1. The van der Waals surface area contributed by atoms with E-state index in [2.05, 4.69) is 18.8 Å². The van der Waals surface area contributed by atoms with E-state index in [0.717, 1.165) is 17.3 Å². The number of nitrogens with one attached hydrogen (secondary N) is 1. The first-order valence-corrected chi connectivity index (χ1v) is 6.45. The van der Waals surface area contributed by atoms with Gasteiger partial charge in [0, 0.05) is 5.39 Å². The fraction of sp³-hybridized carbons (Fsp3) is 0.333. The molecule has 0 aliphatic carbocycles. The normalized spacial score (nSPS) is 10.9. The van der Waals surface area contributed by atoms with Crippen LogP contribution < -0.4 is 10.5 Å². The molecule has 100 valence electrons. The van der Waals surface area contributed by atoms with E-state index in [1.165, 1.54) is 0 Å². The molecule has 0 atom stereocenters. The summed E-state index contributed by atoms with van der Waals surface area (Å²) in [5, 5.41) is 8.59. The van der Waals surface area contributed by atoms with Crippen LogP contribution in [0.2, 0.25) is 0 Å². The molecule has 4 nitrogen and oxygen atoms in total. The summed E-state index contributed by atoms with van der Waals surface area (Å²) >= 11 is 0. The number of nitrogens with two attached hydrogens (primary N) is 1. The van der Waals surface area contributed by atoms with Gasteiger partial charge in [-0.25, -0.2) is 4.98 Å². The molecular formula is C15H19N3O. The lowest BCUT2D eigenvalue weighted by Gasteiger charge is -2.12. The molecule has 0 bridgehead atoms. The molecule has 1 heterocycles. The maximum absolute atomic E-state index is 7.63. The SMILES string of the molecule is CC(C)CCOc1nc2ccccc2cc1C(=N)N. The van der Waals surface area contributed by atoms with Gasteiger partial charge in [-0.05, 0) is 24.5 Å². The summed E-state index contributed by atoms with van der Waals surface area (Å²) in [5.74, 6) is 1.01. The fourth-order valence-corrected chi connectivity index (χ4v) is 1.79. The Kier molecular flexibility index (Phi) is 4.00. The van der Waals surface area contributed by atoms with Crippen LogP contribution in [0.5, 0.6) is 5.88 Å². The summed E-state index contributed by atoms with van der Waals surface area (Å²) in [5.41, 5.74) is 7.01. The number of nitrogens with zero attached hydrogens (tertiary/aromatic N) is 1. The van der Waals surface area contributed by atoms with E-state index in [1.54, 1.807) is 0 Å². The molecule has 1 aromatic heterocycles. The minimum absolute atomic E-state index is 0.0159. The number of hydrogen-bond donors (Lipinski definition) is 2. The second-order valence-corrected chi connectivity index (χ2v) is 4.98. The summed E-state index contributed by atoms with van der Waals surface area (Å²) in [6, 6.07) is 9.60. The zero-order chi connectivity index (χ0) is 13.8. The molecule has 2 rings (SSSR count). The first-order valence-electron chi connectivity index (χ1n) is 6.45. The van der Waals surface area contributed by atoms with Crippen LogP contribution in [0, 0.1) is 11.3 Å². The van der Waals surface area contributed by atoms with Crippen molar-refractivity contribution in [3.05, 3.63) is 35.9 Å². The van der Waals surface area contributed by atoms with Gasteiger partial charge in [0.2, 0.25) is 5.88 Å². The van der Waals surface area contributed by atoms with Gasteiger partial charge in [-0.1, -0.05) is 32.0 Å². The van der Waals surface area contributed by atoms with Crippen LogP contribution in [0.1, 0.15) is 25.8 Å². The van der Waals surface area contributed by atoms with Crippen LogP contribution in [0.15, 0.2) is 30.3 Å². The van der Waals surface area contributed by atoms with Gasteiger partial charge in [-0.3, -0.25) is 5.41 Å². The smallest absolute Gasteiger partial charge is 0.225 e. The molecule has 0 fully saturated rings. The van der Waals surface area contributed by atoms with E-state index in [9.17, 15) is 0 Å². The lowest BCUT2D eigenvalue weighted by molar-refractivity contribution is 0.280. The fourth-order valence-electron chi connectivity index (χ4n) is 1.79. The lowest BCUT2D eigenvalue weighted by Crippen LogP contribution is -2.15. The quantitative estimate of drug-likeness (QED) is 0.639. The summed E-state index contributed by atoms with van der Waals surface area (Å²) < 4.78 is 5.69. The third-order valence-electron chi connectivity index (χ3n) is 2.91. The number of aromatic nitrogens is 1. The zero-order valence-electron chi connectivity index (χ0n) is 11.3. The first-order chi connectivity index (χ1) is 9.08. The number of amidine groups is 1. The molecule has 0 unspecified atom stereocenters. The van der Waals surface area contributed by atoms with Crippen molar-refractivity contribution in [3.63, 3.8) is 0 Å². The third-order valence-corrected chi connectivity index (χ3v) is 2.91. The maximum Gasteiger partial charge on any atom is 0.225 e. The Morgan fingerprint density at radius 3 is 2.79 bits per heavy atom. The predicted octanol–water partition coefficient (Wildman–Crippen LogP) is 2.94. The van der Waals surface area contributed by atoms with Crippen LogP contribution in [-0.2, 0) is 0 Å². The second kappa shape index (κ2) is 5.69. The largest absolute Gasteiger partial charge is 0.477 e. The van der Waals surface area contributed by atoms with Crippen LogP contribution in [0.3, 0.4) is 0 Å². The van der Waals surface area contributed by atoms with Crippen molar-refractivity contribution in [2.45, 2.75) is 20.3 Å². The third kappa shape index (κ3) is 3.22. The minimum atomic E-state index is -0.0159. The van der Waals surface area contributed by atoms with Crippen molar-refractivity contribution in [1.82, 2.24) is 4.98 Å². The van der Waals surface area contributed by atoms with Crippen LogP contribution in [0.25, 0.3) is 10.9 Å². The van der Waals surface area contributed by atoms with Gasteiger partial charge >= 0.3 is 0 Å². The molecular weight excluding hydrogens is 238 g/mol. The molecule has 0 radical (unpaired) electrons. The average Bonchev–Trinajstić information content (AvgIpc) is 2.37. The van der Waals surface area contributed by atoms with Gasteiger partial charge in [0.15, 0.2) is 0 Å². The Labute approximate surface area is 113 Å². The molecule has 0 aliphatic heterocycles. The highest BCUT2D eigenvalue weighted by Crippen LogP contribution is 2.22. The summed E-state index contributed by atoms with van der Waals surface area (Å²) in [4.78, 5) is 4.45. The number of pyridine rings is 1. The van der Waals surface area contributed by atoms with Crippen LogP contribution in [-0.4, -0.2) is 17.4 Å². The molecule has 19 heavy (non-hydrogen) atoms. The number of para-hydroxylation sites is 1. The Balaban J connectivity index is 2.33. The minimum Gasteiger partial charge on any atom is -0.477 e. The Hall–Kier alpha value is -2.10. The number of rotatable bonds is 5. The highest BCUT2D eigenvalue weighted by molar-refractivity contribution is 6.00. The number of hydrogen-bond acceptors (Lipinski definition) is 3. The molecule has 4 heteroatoms. The van der Waals surface area contributed by atoms with Crippen molar-refractivity contribution < 1.29 is 4.74 Å². The van der Waals surface area contributed by atoms with Gasteiger partial charge < -0.3 is 10.5 Å². The lowest BCUT2D eigenvalue weighted by atomic mass is 10.1. The second-order valence-electron chi connectivity index (χ2n) is 4.98. The van der Waals surface area contributed by atoms with Crippen LogP contribution >= 0.6 is 0 Å². The first kappa shape index (κ1) is 13.3. The molecule has 3 N–H and O–H groups in total. The van der Waals surface area contributed by atoms with Crippen molar-refractivity contribution in [2.24, 2.45) is 11.7 Å². The Bertz CT molecular complexity index is 593. The summed E-state index contributed by atoms with van der Waals surface area (Å²) in [6.07, 6.45) is 0.950. The van der Waals surface area contributed by atoms with E-state index >= 15 is 0 Å². The summed E-state index contributed by atoms with van der Waals surface area (Å²) in [6.45, 7) is 4.87. The molecule has 0 aliphatic rings. The van der Waals surface area contributed by atoms with E-state index < -0.39 is 0 Å². The summed E-state index contributed by atoms with van der Waals surface area (Å²) in [7, 11) is 0. The Morgan fingerprint density at radius 1 is 1.37 bits per heavy atom. The predicted molar refractivity (Wildman–Crippen MR) is 77.7 cm³/mol. The van der Waals surface area contributed by atoms with Gasteiger partial charge in [-0.2, -0.15) is 0 Å². The molecule has 0 saturated heterocycles. The van der Waals surface area contributed by atoms with E-state index in [-0.39, 0.29) is 5.84 Å². The van der Waals surface area contributed by atoms with Crippen molar-refractivity contribution in [2.75, 3.05) is 6.61 Å². The number of nitrogen functional groups attached to an aromatic ring is 1. The van der Waals surface area contributed by atoms with Gasteiger partial charge in [0.05, 0.1) is 17.7 Å². The molecule has 0 amide bonds. The maximum atomic E-state index is 7.63. The standard InChI is InChI=1S/C15H19N3O/c1-10(2)7-8-19-15-12(14(16)17)9-11-5-3-4-6-13(11)18-15/h3-6,9-10H,7-8H2,1-2H3,(H3,16,17). The monoisotopic (exact) mass is 257 g/mol.